The zero-order valence-electron chi connectivity index (χ0n) is 14.4. The predicted octanol–water partition coefficient (Wildman–Crippen LogP) is 2.80. The lowest BCUT2D eigenvalue weighted by atomic mass is 9.95. The summed E-state index contributed by atoms with van der Waals surface area (Å²) in [7, 11) is 0. The van der Waals surface area contributed by atoms with Crippen LogP contribution >= 0.6 is 0 Å². The second-order valence-electron chi connectivity index (χ2n) is 7.48. The molecule has 3 fully saturated rings. The third-order valence-electron chi connectivity index (χ3n) is 5.82. The van der Waals surface area contributed by atoms with Crippen molar-refractivity contribution in [2.75, 3.05) is 26.2 Å². The van der Waals surface area contributed by atoms with Crippen LogP contribution in [0.4, 0.5) is 4.79 Å². The van der Waals surface area contributed by atoms with E-state index in [1.165, 1.54) is 38.5 Å². The van der Waals surface area contributed by atoms with E-state index in [0.717, 1.165) is 37.9 Å². The Morgan fingerprint density at radius 2 is 1.83 bits per heavy atom. The summed E-state index contributed by atoms with van der Waals surface area (Å²) in [5.74, 6) is 0.525. The van der Waals surface area contributed by atoms with Crippen LogP contribution in [0.5, 0.6) is 0 Å². The molecule has 2 heterocycles. The summed E-state index contributed by atoms with van der Waals surface area (Å²) in [6.07, 6.45) is 9.44. The van der Waals surface area contributed by atoms with Gasteiger partial charge in [0.25, 0.3) is 0 Å². The van der Waals surface area contributed by atoms with E-state index in [4.69, 9.17) is 0 Å². The summed E-state index contributed by atoms with van der Waals surface area (Å²) in [6.45, 7) is 3.75. The molecule has 0 spiro atoms. The smallest absolute Gasteiger partial charge is 0.318 e. The van der Waals surface area contributed by atoms with Gasteiger partial charge in [0, 0.05) is 38.4 Å². The number of amides is 2. The predicted molar refractivity (Wildman–Crippen MR) is 93.6 cm³/mol. The third kappa shape index (κ3) is 3.56. The lowest BCUT2D eigenvalue weighted by Crippen LogP contribution is -2.53. The number of nitrogens with one attached hydrogen (secondary N) is 1. The number of carbonyl (C=O) groups is 1. The lowest BCUT2D eigenvalue weighted by molar-refractivity contribution is 0.130. The van der Waals surface area contributed by atoms with Gasteiger partial charge in [0.05, 0.1) is 11.7 Å². The number of carbonyl (C=O) groups excluding carboxylic acids is 1. The molecule has 4 rings (SSSR count). The Morgan fingerprint density at radius 1 is 1.08 bits per heavy atom. The van der Waals surface area contributed by atoms with Gasteiger partial charge in [-0.15, -0.1) is 0 Å². The first-order valence-corrected chi connectivity index (χ1v) is 9.51. The Balaban J connectivity index is 1.39. The summed E-state index contributed by atoms with van der Waals surface area (Å²) in [4.78, 5) is 21.9. The maximum Gasteiger partial charge on any atom is 0.318 e. The van der Waals surface area contributed by atoms with Gasteiger partial charge in [-0.1, -0.05) is 18.9 Å². The molecule has 2 aliphatic carbocycles. The molecule has 130 valence electrons. The first-order valence-electron chi connectivity index (χ1n) is 9.51. The molecule has 5 nitrogen and oxygen atoms in total. The van der Waals surface area contributed by atoms with Crippen LogP contribution in [0.25, 0.3) is 0 Å². The molecule has 3 aliphatic rings. The van der Waals surface area contributed by atoms with Crippen LogP contribution in [-0.4, -0.2) is 53.0 Å². The lowest BCUT2D eigenvalue weighted by Gasteiger charge is -2.36. The minimum Gasteiger partial charge on any atom is -0.329 e. The van der Waals surface area contributed by atoms with Crippen LogP contribution in [-0.2, 0) is 0 Å². The Morgan fingerprint density at radius 3 is 2.46 bits per heavy atom. The SMILES string of the molecule is O=C(N[C@@H](c1ccccn1)C1CCCC1)N1CCN(C2CC2)CC1. The highest BCUT2D eigenvalue weighted by atomic mass is 16.2. The standard InChI is InChI=1S/C19H28N4O/c24-19(23-13-11-22(12-14-23)16-8-9-16)21-18(15-5-1-2-6-15)17-7-3-4-10-20-17/h3-4,7,10,15-16,18H,1-2,5-6,8-9,11-14H2,(H,21,24)/t18-/m1/s1. The van der Waals surface area contributed by atoms with Crippen molar-refractivity contribution in [2.24, 2.45) is 5.92 Å². The van der Waals surface area contributed by atoms with E-state index < -0.39 is 0 Å². The molecular weight excluding hydrogens is 300 g/mol. The molecule has 5 heteroatoms. The van der Waals surface area contributed by atoms with Crippen LogP contribution in [0.2, 0.25) is 0 Å². The fourth-order valence-electron chi connectivity index (χ4n) is 4.24. The summed E-state index contributed by atoms with van der Waals surface area (Å²) in [5.41, 5.74) is 1.01. The molecule has 1 saturated heterocycles. The molecule has 1 aliphatic heterocycles. The fraction of sp³-hybridized carbons (Fsp3) is 0.684. The fourth-order valence-corrected chi connectivity index (χ4v) is 4.24. The van der Waals surface area contributed by atoms with Crippen molar-refractivity contribution in [1.29, 1.82) is 0 Å². The first kappa shape index (κ1) is 15.9. The van der Waals surface area contributed by atoms with Gasteiger partial charge in [0.1, 0.15) is 0 Å². The van der Waals surface area contributed by atoms with Gasteiger partial charge in [0.15, 0.2) is 0 Å². The van der Waals surface area contributed by atoms with Gasteiger partial charge in [-0.3, -0.25) is 9.88 Å². The number of hydrogen-bond donors (Lipinski definition) is 1. The largest absolute Gasteiger partial charge is 0.329 e. The summed E-state index contributed by atoms with van der Waals surface area (Å²) in [6, 6.07) is 6.96. The molecule has 1 aromatic heterocycles. The normalized spacial score (nSPS) is 24.1. The molecule has 0 bridgehead atoms. The molecule has 24 heavy (non-hydrogen) atoms. The molecule has 0 radical (unpaired) electrons. The van der Waals surface area contributed by atoms with E-state index >= 15 is 0 Å². The number of piperazine rings is 1. The zero-order valence-corrected chi connectivity index (χ0v) is 14.4. The first-order chi connectivity index (χ1) is 11.8. The quantitative estimate of drug-likeness (QED) is 0.924. The Bertz CT molecular complexity index is 546. The van der Waals surface area contributed by atoms with Crippen LogP contribution < -0.4 is 5.32 Å². The molecule has 2 saturated carbocycles. The summed E-state index contributed by atoms with van der Waals surface area (Å²) in [5, 5.41) is 3.31. The highest BCUT2D eigenvalue weighted by Crippen LogP contribution is 2.35. The van der Waals surface area contributed by atoms with Crippen molar-refractivity contribution in [2.45, 2.75) is 50.6 Å². The maximum absolute atomic E-state index is 12.8. The Kier molecular flexibility index (Phi) is 4.69. The Labute approximate surface area is 144 Å². The van der Waals surface area contributed by atoms with Crippen molar-refractivity contribution in [3.05, 3.63) is 30.1 Å². The van der Waals surface area contributed by atoms with Crippen molar-refractivity contribution >= 4 is 6.03 Å². The van der Waals surface area contributed by atoms with Crippen LogP contribution in [0, 0.1) is 5.92 Å². The van der Waals surface area contributed by atoms with Gasteiger partial charge in [-0.25, -0.2) is 4.79 Å². The number of urea groups is 1. The number of pyridine rings is 1. The van der Waals surface area contributed by atoms with Crippen molar-refractivity contribution in [1.82, 2.24) is 20.1 Å². The van der Waals surface area contributed by atoms with E-state index in [-0.39, 0.29) is 12.1 Å². The number of rotatable bonds is 4. The molecule has 0 aromatic carbocycles. The van der Waals surface area contributed by atoms with Crippen LogP contribution in [0.3, 0.4) is 0 Å². The molecule has 1 aromatic rings. The molecule has 0 unspecified atom stereocenters. The minimum atomic E-state index is 0.0580. The molecule has 1 N–H and O–H groups in total. The Hall–Kier alpha value is -1.62. The van der Waals surface area contributed by atoms with Gasteiger partial charge in [-0.05, 0) is 43.7 Å². The van der Waals surface area contributed by atoms with Gasteiger partial charge in [0.2, 0.25) is 0 Å². The molecule has 1 atom stereocenters. The van der Waals surface area contributed by atoms with E-state index in [1.54, 1.807) is 0 Å². The second kappa shape index (κ2) is 7.09. The highest BCUT2D eigenvalue weighted by molar-refractivity contribution is 5.74. The van der Waals surface area contributed by atoms with Crippen LogP contribution in [0.15, 0.2) is 24.4 Å². The van der Waals surface area contributed by atoms with Crippen molar-refractivity contribution < 1.29 is 4.79 Å². The molecule has 2 amide bonds. The van der Waals surface area contributed by atoms with E-state index in [9.17, 15) is 4.79 Å². The van der Waals surface area contributed by atoms with Gasteiger partial charge in [-0.2, -0.15) is 0 Å². The topological polar surface area (TPSA) is 48.5 Å². The highest BCUT2D eigenvalue weighted by Gasteiger charge is 2.34. The number of nitrogens with zero attached hydrogens (tertiary/aromatic N) is 3. The van der Waals surface area contributed by atoms with Crippen LogP contribution in [0.1, 0.15) is 50.3 Å². The van der Waals surface area contributed by atoms with E-state index in [1.807, 2.05) is 29.3 Å². The zero-order chi connectivity index (χ0) is 16.4. The number of hydrogen-bond acceptors (Lipinski definition) is 3. The summed E-state index contributed by atoms with van der Waals surface area (Å²) < 4.78 is 0. The van der Waals surface area contributed by atoms with Gasteiger partial charge >= 0.3 is 6.03 Å². The third-order valence-corrected chi connectivity index (χ3v) is 5.82. The monoisotopic (exact) mass is 328 g/mol. The van der Waals surface area contributed by atoms with E-state index in [2.05, 4.69) is 15.2 Å². The maximum atomic E-state index is 12.8. The summed E-state index contributed by atoms with van der Waals surface area (Å²) >= 11 is 0. The average molecular weight is 328 g/mol. The average Bonchev–Trinajstić information content (AvgIpc) is 3.35. The van der Waals surface area contributed by atoms with Crippen molar-refractivity contribution in [3.63, 3.8) is 0 Å². The minimum absolute atomic E-state index is 0.0580. The molecular formula is C19H28N4O. The van der Waals surface area contributed by atoms with Crippen molar-refractivity contribution in [3.8, 4) is 0 Å². The van der Waals surface area contributed by atoms with Gasteiger partial charge < -0.3 is 10.2 Å². The second-order valence-corrected chi connectivity index (χ2v) is 7.48. The number of aromatic nitrogens is 1. The van der Waals surface area contributed by atoms with E-state index in [0.29, 0.717) is 5.92 Å².